The molecule has 0 unspecified atom stereocenters. The van der Waals surface area contributed by atoms with Gasteiger partial charge in [0.15, 0.2) is 0 Å². The van der Waals surface area contributed by atoms with E-state index >= 15 is 0 Å². The zero-order valence-electron chi connectivity index (χ0n) is 12.5. The van der Waals surface area contributed by atoms with E-state index in [4.69, 9.17) is 16.3 Å². The van der Waals surface area contributed by atoms with Gasteiger partial charge in [0.25, 0.3) is 0 Å². The number of halogens is 1. The van der Waals surface area contributed by atoms with Crippen LogP contribution in [-0.2, 0) is 4.74 Å². The maximum atomic E-state index is 11.9. The first-order valence-electron chi connectivity index (χ1n) is 7.07. The molecule has 0 N–H and O–H groups in total. The maximum absolute atomic E-state index is 11.9. The van der Waals surface area contributed by atoms with Gasteiger partial charge in [-0.25, -0.2) is 4.79 Å². The summed E-state index contributed by atoms with van der Waals surface area (Å²) in [5.74, 6) is 0. The molecule has 2 heterocycles. The average Bonchev–Trinajstić information content (AvgIpc) is 2.67. The van der Waals surface area contributed by atoms with Gasteiger partial charge >= 0.3 is 6.09 Å². The quantitative estimate of drug-likeness (QED) is 0.795. The normalized spacial score (nSPS) is 16.1. The van der Waals surface area contributed by atoms with E-state index in [-0.39, 0.29) is 6.09 Å². The van der Waals surface area contributed by atoms with E-state index in [0.29, 0.717) is 19.1 Å². The topological polar surface area (TPSA) is 34.5 Å². The lowest BCUT2D eigenvalue weighted by molar-refractivity contribution is 0.00158. The molecule has 0 spiro atoms. The molecule has 1 fully saturated rings. The van der Waals surface area contributed by atoms with Crippen LogP contribution in [-0.4, -0.2) is 34.3 Å². The maximum Gasteiger partial charge on any atom is 0.410 e. The summed E-state index contributed by atoms with van der Waals surface area (Å²) in [6.07, 6.45) is 1.82. The van der Waals surface area contributed by atoms with Gasteiger partial charge in [-0.05, 0) is 45.0 Å². The molecule has 112 valence electrons. The molecule has 1 aromatic heterocycles. The van der Waals surface area contributed by atoms with Gasteiger partial charge in [-0.1, -0.05) is 11.6 Å². The lowest BCUT2D eigenvalue weighted by Crippen LogP contribution is -2.52. The van der Waals surface area contributed by atoms with Crippen molar-refractivity contribution in [1.29, 1.82) is 0 Å². The standard InChI is InChI=1S/C16H19ClN2O2/c1-16(2,3)21-15(20)18-9-13(10-18)19-7-6-11-8-12(17)4-5-14(11)19/h4-8,13H,9-10H2,1-3H3. The molecule has 1 saturated heterocycles. The Bertz CT molecular complexity index is 681. The Balaban J connectivity index is 1.69. The number of fused-ring (bicyclic) bond motifs is 1. The first-order valence-corrected chi connectivity index (χ1v) is 7.45. The van der Waals surface area contributed by atoms with E-state index < -0.39 is 5.60 Å². The second-order valence-electron chi connectivity index (χ2n) is 6.47. The van der Waals surface area contributed by atoms with E-state index in [2.05, 4.69) is 16.8 Å². The minimum atomic E-state index is -0.445. The highest BCUT2D eigenvalue weighted by atomic mass is 35.5. The second-order valence-corrected chi connectivity index (χ2v) is 6.90. The number of nitrogens with zero attached hydrogens (tertiary/aromatic N) is 2. The van der Waals surface area contributed by atoms with Crippen molar-refractivity contribution in [3.05, 3.63) is 35.5 Å². The van der Waals surface area contributed by atoms with Crippen LogP contribution in [0.2, 0.25) is 5.02 Å². The number of ether oxygens (including phenoxy) is 1. The number of hydrogen-bond donors (Lipinski definition) is 0. The van der Waals surface area contributed by atoms with Gasteiger partial charge in [-0.2, -0.15) is 0 Å². The summed E-state index contributed by atoms with van der Waals surface area (Å²) >= 11 is 6.00. The van der Waals surface area contributed by atoms with Crippen molar-refractivity contribution in [2.24, 2.45) is 0 Å². The zero-order valence-corrected chi connectivity index (χ0v) is 13.2. The Kier molecular flexibility index (Phi) is 3.36. The number of benzene rings is 1. The molecule has 0 atom stereocenters. The lowest BCUT2D eigenvalue weighted by Gasteiger charge is -2.40. The molecule has 0 saturated carbocycles. The fourth-order valence-electron chi connectivity index (χ4n) is 2.56. The molecule has 4 nitrogen and oxygen atoms in total. The number of likely N-dealkylation sites (tertiary alicyclic amines) is 1. The van der Waals surface area contributed by atoms with Crippen molar-refractivity contribution in [3.8, 4) is 0 Å². The highest BCUT2D eigenvalue weighted by molar-refractivity contribution is 6.31. The highest BCUT2D eigenvalue weighted by Crippen LogP contribution is 2.29. The van der Waals surface area contributed by atoms with Crippen LogP contribution in [0.4, 0.5) is 4.79 Å². The van der Waals surface area contributed by atoms with Gasteiger partial charge in [0, 0.05) is 35.2 Å². The molecule has 0 bridgehead atoms. The summed E-state index contributed by atoms with van der Waals surface area (Å²) < 4.78 is 7.57. The molecule has 5 heteroatoms. The molecule has 3 rings (SSSR count). The van der Waals surface area contributed by atoms with E-state index in [0.717, 1.165) is 15.9 Å². The van der Waals surface area contributed by atoms with E-state index in [1.54, 1.807) is 4.90 Å². The van der Waals surface area contributed by atoms with E-state index in [9.17, 15) is 4.79 Å². The van der Waals surface area contributed by atoms with Crippen LogP contribution in [0.1, 0.15) is 26.8 Å². The summed E-state index contributed by atoms with van der Waals surface area (Å²) in [4.78, 5) is 13.7. The van der Waals surface area contributed by atoms with E-state index in [1.807, 2.05) is 39.0 Å². The van der Waals surface area contributed by atoms with Crippen LogP contribution in [0.25, 0.3) is 10.9 Å². The largest absolute Gasteiger partial charge is 0.444 e. The number of aromatic nitrogens is 1. The van der Waals surface area contributed by atoms with Crippen LogP contribution in [0.5, 0.6) is 0 Å². The Morgan fingerprint density at radius 2 is 2.00 bits per heavy atom. The zero-order chi connectivity index (χ0) is 15.2. The Labute approximate surface area is 129 Å². The molecule has 1 amide bonds. The summed E-state index contributed by atoms with van der Waals surface area (Å²) in [6, 6.07) is 8.23. The summed E-state index contributed by atoms with van der Waals surface area (Å²) in [6.45, 7) is 7.00. The van der Waals surface area contributed by atoms with Crippen molar-refractivity contribution in [1.82, 2.24) is 9.47 Å². The molecule has 0 aliphatic carbocycles. The van der Waals surface area contributed by atoms with E-state index in [1.165, 1.54) is 0 Å². The van der Waals surface area contributed by atoms with Crippen LogP contribution < -0.4 is 0 Å². The van der Waals surface area contributed by atoms with Gasteiger partial charge in [-0.3, -0.25) is 0 Å². The summed E-state index contributed by atoms with van der Waals surface area (Å²) in [7, 11) is 0. The van der Waals surface area contributed by atoms with Gasteiger partial charge in [-0.15, -0.1) is 0 Å². The number of hydrogen-bond acceptors (Lipinski definition) is 2. The van der Waals surface area contributed by atoms with Gasteiger partial charge in [0.05, 0.1) is 6.04 Å². The molecule has 2 aromatic rings. The average molecular weight is 307 g/mol. The Morgan fingerprint density at radius 1 is 1.29 bits per heavy atom. The third-order valence-electron chi connectivity index (χ3n) is 3.59. The number of carbonyl (C=O) groups is 1. The molecule has 1 aromatic carbocycles. The monoisotopic (exact) mass is 306 g/mol. The Hall–Kier alpha value is -1.68. The van der Waals surface area contributed by atoms with Crippen LogP contribution >= 0.6 is 11.6 Å². The Morgan fingerprint density at radius 3 is 2.67 bits per heavy atom. The number of carbonyl (C=O) groups excluding carboxylic acids is 1. The first-order chi connectivity index (χ1) is 9.83. The minimum Gasteiger partial charge on any atom is -0.444 e. The van der Waals surface area contributed by atoms with Crippen LogP contribution in [0.15, 0.2) is 30.5 Å². The van der Waals surface area contributed by atoms with Crippen molar-refractivity contribution in [2.75, 3.05) is 13.1 Å². The SMILES string of the molecule is CC(C)(C)OC(=O)N1CC(n2ccc3cc(Cl)ccc32)C1. The van der Waals surface area contributed by atoms with Crippen LogP contribution in [0, 0.1) is 0 Å². The molecule has 21 heavy (non-hydrogen) atoms. The van der Waals surface area contributed by atoms with Crippen molar-refractivity contribution < 1.29 is 9.53 Å². The fraction of sp³-hybridized carbons (Fsp3) is 0.438. The third kappa shape index (κ3) is 2.86. The fourth-order valence-corrected chi connectivity index (χ4v) is 2.74. The smallest absolute Gasteiger partial charge is 0.410 e. The third-order valence-corrected chi connectivity index (χ3v) is 3.82. The molecule has 1 aliphatic rings. The molecular weight excluding hydrogens is 288 g/mol. The van der Waals surface area contributed by atoms with Gasteiger partial charge in [0.2, 0.25) is 0 Å². The van der Waals surface area contributed by atoms with Crippen LogP contribution in [0.3, 0.4) is 0 Å². The minimum absolute atomic E-state index is 0.238. The molecule has 1 aliphatic heterocycles. The lowest BCUT2D eigenvalue weighted by atomic mass is 10.1. The predicted molar refractivity (Wildman–Crippen MR) is 83.8 cm³/mol. The van der Waals surface area contributed by atoms with Gasteiger partial charge in [0.1, 0.15) is 5.60 Å². The summed E-state index contributed by atoms with van der Waals surface area (Å²) in [5, 5.41) is 1.86. The molecule has 0 radical (unpaired) electrons. The van der Waals surface area contributed by atoms with Crippen molar-refractivity contribution in [3.63, 3.8) is 0 Å². The predicted octanol–water partition coefficient (Wildman–Crippen LogP) is 4.09. The first kappa shape index (κ1) is 14.3. The second kappa shape index (κ2) is 4.95. The highest BCUT2D eigenvalue weighted by Gasteiger charge is 2.34. The summed E-state index contributed by atoms with van der Waals surface area (Å²) in [5.41, 5.74) is 0.701. The number of rotatable bonds is 1. The van der Waals surface area contributed by atoms with Crippen molar-refractivity contribution in [2.45, 2.75) is 32.4 Å². The number of amides is 1. The van der Waals surface area contributed by atoms with Gasteiger partial charge < -0.3 is 14.2 Å². The molecular formula is C16H19ClN2O2. The van der Waals surface area contributed by atoms with Crippen molar-refractivity contribution >= 4 is 28.6 Å².